The molecule has 21 heavy (non-hydrogen) atoms. The van der Waals surface area contributed by atoms with Crippen molar-refractivity contribution in [1.29, 1.82) is 0 Å². The summed E-state index contributed by atoms with van der Waals surface area (Å²) < 4.78 is 10.7. The fourth-order valence-electron chi connectivity index (χ4n) is 3.01. The van der Waals surface area contributed by atoms with E-state index in [0.29, 0.717) is 18.2 Å². The number of benzene rings is 1. The van der Waals surface area contributed by atoms with Gasteiger partial charge in [0.05, 0.1) is 7.11 Å². The molecule has 3 rings (SSSR count). The van der Waals surface area contributed by atoms with Crippen LogP contribution in [-0.2, 0) is 4.79 Å². The average Bonchev–Trinajstić information content (AvgIpc) is 3.27. The minimum Gasteiger partial charge on any atom is -0.497 e. The van der Waals surface area contributed by atoms with Crippen LogP contribution in [0.2, 0.25) is 0 Å². The number of hydrogen-bond donors (Lipinski definition) is 1. The molecule has 0 aromatic heterocycles. The summed E-state index contributed by atoms with van der Waals surface area (Å²) in [5, 5.41) is 0. The van der Waals surface area contributed by atoms with Crippen molar-refractivity contribution >= 4 is 5.91 Å². The van der Waals surface area contributed by atoms with Crippen LogP contribution in [0.3, 0.4) is 0 Å². The molecule has 1 aromatic rings. The fraction of sp³-hybridized carbons (Fsp3) is 0.562. The van der Waals surface area contributed by atoms with E-state index in [4.69, 9.17) is 15.2 Å². The highest BCUT2D eigenvalue weighted by molar-refractivity contribution is 5.78. The highest BCUT2D eigenvalue weighted by Gasteiger charge is 2.42. The molecule has 2 fully saturated rings. The van der Waals surface area contributed by atoms with Gasteiger partial charge in [0, 0.05) is 25.2 Å². The van der Waals surface area contributed by atoms with Crippen molar-refractivity contribution < 1.29 is 14.3 Å². The van der Waals surface area contributed by atoms with E-state index in [-0.39, 0.29) is 18.6 Å². The first kappa shape index (κ1) is 14.2. The Morgan fingerprint density at radius 1 is 1.33 bits per heavy atom. The van der Waals surface area contributed by atoms with Gasteiger partial charge < -0.3 is 20.1 Å². The van der Waals surface area contributed by atoms with Crippen LogP contribution in [0.25, 0.3) is 0 Å². The number of carbonyl (C=O) groups excluding carboxylic acids is 1. The third-order valence-electron chi connectivity index (χ3n) is 4.40. The lowest BCUT2D eigenvalue weighted by Crippen LogP contribution is -2.35. The van der Waals surface area contributed by atoms with Gasteiger partial charge in [0.2, 0.25) is 0 Å². The number of hydrogen-bond acceptors (Lipinski definition) is 4. The fourth-order valence-corrected chi connectivity index (χ4v) is 3.01. The van der Waals surface area contributed by atoms with Crippen molar-refractivity contribution in [3.63, 3.8) is 0 Å². The monoisotopic (exact) mass is 290 g/mol. The van der Waals surface area contributed by atoms with Crippen molar-refractivity contribution in [2.45, 2.75) is 18.9 Å². The van der Waals surface area contributed by atoms with Gasteiger partial charge in [-0.25, -0.2) is 0 Å². The molecule has 2 N–H and O–H groups in total. The summed E-state index contributed by atoms with van der Waals surface area (Å²) in [7, 11) is 1.61. The van der Waals surface area contributed by atoms with E-state index in [0.717, 1.165) is 18.2 Å². The molecule has 1 aromatic carbocycles. The lowest BCUT2D eigenvalue weighted by molar-refractivity contribution is -0.132. The van der Waals surface area contributed by atoms with Crippen molar-refractivity contribution in [1.82, 2.24) is 4.90 Å². The Balaban J connectivity index is 1.52. The number of carbonyl (C=O) groups is 1. The van der Waals surface area contributed by atoms with E-state index < -0.39 is 0 Å². The minimum atomic E-state index is 0.0106. The van der Waals surface area contributed by atoms with Gasteiger partial charge >= 0.3 is 0 Å². The molecule has 1 saturated carbocycles. The summed E-state index contributed by atoms with van der Waals surface area (Å²) in [5.41, 5.74) is 6.14. The zero-order chi connectivity index (χ0) is 14.8. The third-order valence-corrected chi connectivity index (χ3v) is 4.40. The van der Waals surface area contributed by atoms with Gasteiger partial charge in [0.25, 0.3) is 5.91 Å². The highest BCUT2D eigenvalue weighted by Crippen LogP contribution is 2.40. The molecular weight excluding hydrogens is 268 g/mol. The number of rotatable bonds is 5. The number of nitrogens with zero attached hydrogens (tertiary/aromatic N) is 1. The molecule has 1 amide bonds. The van der Waals surface area contributed by atoms with Crippen LogP contribution in [-0.4, -0.2) is 43.7 Å². The number of methoxy groups -OCH3 is 1. The van der Waals surface area contributed by atoms with Crippen molar-refractivity contribution in [3.05, 3.63) is 24.3 Å². The van der Waals surface area contributed by atoms with E-state index in [1.54, 1.807) is 13.2 Å². The van der Waals surface area contributed by atoms with Crippen LogP contribution in [0.5, 0.6) is 11.5 Å². The topological polar surface area (TPSA) is 64.8 Å². The molecular formula is C16H22N2O3. The second-order valence-corrected chi connectivity index (χ2v) is 5.93. The Morgan fingerprint density at radius 3 is 2.81 bits per heavy atom. The van der Waals surface area contributed by atoms with Crippen molar-refractivity contribution in [2.24, 2.45) is 17.6 Å². The smallest absolute Gasteiger partial charge is 0.260 e. The molecule has 2 aliphatic rings. The normalized spacial score (nSPS) is 25.0. The SMILES string of the molecule is COc1cccc(OCC(=O)N2C[C@H](C3CC3)[C@@H](N)C2)c1. The first-order chi connectivity index (χ1) is 10.2. The van der Waals surface area contributed by atoms with Gasteiger partial charge in [-0.15, -0.1) is 0 Å². The highest BCUT2D eigenvalue weighted by atomic mass is 16.5. The van der Waals surface area contributed by atoms with Crippen molar-refractivity contribution in [2.75, 3.05) is 26.8 Å². The average molecular weight is 290 g/mol. The van der Waals surface area contributed by atoms with E-state index in [2.05, 4.69) is 0 Å². The Kier molecular flexibility index (Phi) is 4.01. The first-order valence-electron chi connectivity index (χ1n) is 7.47. The Hall–Kier alpha value is -1.75. The number of likely N-dealkylation sites (tertiary alicyclic amines) is 1. The van der Waals surface area contributed by atoms with Crippen LogP contribution in [0.1, 0.15) is 12.8 Å². The Bertz CT molecular complexity index is 516. The molecule has 0 radical (unpaired) electrons. The van der Waals surface area contributed by atoms with Gasteiger partial charge in [-0.3, -0.25) is 4.79 Å². The summed E-state index contributed by atoms with van der Waals surface area (Å²) in [6, 6.07) is 7.40. The standard InChI is InChI=1S/C16H22N2O3/c1-20-12-3-2-4-13(7-12)21-10-16(19)18-8-14(11-5-6-11)15(17)9-18/h2-4,7,11,14-15H,5-6,8-10,17H2,1H3/t14-,15+/m1/s1. The maximum Gasteiger partial charge on any atom is 0.260 e. The summed E-state index contributed by atoms with van der Waals surface area (Å²) in [5.74, 6) is 2.58. The minimum absolute atomic E-state index is 0.0106. The molecule has 1 aliphatic heterocycles. The maximum absolute atomic E-state index is 12.2. The van der Waals surface area contributed by atoms with Crippen LogP contribution >= 0.6 is 0 Å². The predicted octanol–water partition coefficient (Wildman–Crippen LogP) is 1.27. The molecule has 0 bridgehead atoms. The van der Waals surface area contributed by atoms with Gasteiger partial charge in [0.15, 0.2) is 6.61 Å². The summed E-state index contributed by atoms with van der Waals surface area (Å²) in [6.07, 6.45) is 2.53. The molecule has 1 saturated heterocycles. The van der Waals surface area contributed by atoms with Crippen LogP contribution in [0.15, 0.2) is 24.3 Å². The Labute approximate surface area is 125 Å². The molecule has 114 valence electrons. The number of amides is 1. The van der Waals surface area contributed by atoms with E-state index >= 15 is 0 Å². The first-order valence-corrected chi connectivity index (χ1v) is 7.47. The summed E-state index contributed by atoms with van der Waals surface area (Å²) in [6.45, 7) is 1.49. The molecule has 0 spiro atoms. The van der Waals surface area contributed by atoms with Gasteiger partial charge in [-0.05, 0) is 36.8 Å². The van der Waals surface area contributed by atoms with Gasteiger partial charge in [0.1, 0.15) is 11.5 Å². The van der Waals surface area contributed by atoms with Gasteiger partial charge in [-0.2, -0.15) is 0 Å². The largest absolute Gasteiger partial charge is 0.497 e. The predicted molar refractivity (Wildman–Crippen MR) is 79.3 cm³/mol. The molecule has 2 atom stereocenters. The quantitative estimate of drug-likeness (QED) is 0.887. The lowest BCUT2D eigenvalue weighted by Gasteiger charge is -2.16. The van der Waals surface area contributed by atoms with Crippen LogP contribution in [0.4, 0.5) is 0 Å². The molecule has 1 heterocycles. The van der Waals surface area contributed by atoms with E-state index in [1.807, 2.05) is 23.1 Å². The second-order valence-electron chi connectivity index (χ2n) is 5.93. The second kappa shape index (κ2) is 5.93. The molecule has 0 unspecified atom stereocenters. The van der Waals surface area contributed by atoms with Gasteiger partial charge in [-0.1, -0.05) is 6.07 Å². The van der Waals surface area contributed by atoms with Crippen LogP contribution < -0.4 is 15.2 Å². The zero-order valence-electron chi connectivity index (χ0n) is 12.3. The summed E-state index contributed by atoms with van der Waals surface area (Å²) in [4.78, 5) is 14.1. The Morgan fingerprint density at radius 2 is 2.10 bits per heavy atom. The van der Waals surface area contributed by atoms with Crippen molar-refractivity contribution in [3.8, 4) is 11.5 Å². The third kappa shape index (κ3) is 3.29. The van der Waals surface area contributed by atoms with E-state index in [9.17, 15) is 4.79 Å². The maximum atomic E-state index is 12.2. The zero-order valence-corrected chi connectivity index (χ0v) is 12.3. The molecule has 5 heteroatoms. The van der Waals surface area contributed by atoms with E-state index in [1.165, 1.54) is 12.8 Å². The molecule has 1 aliphatic carbocycles. The summed E-state index contributed by atoms with van der Waals surface area (Å²) >= 11 is 0. The number of ether oxygens (including phenoxy) is 2. The molecule has 5 nitrogen and oxygen atoms in total. The lowest BCUT2D eigenvalue weighted by atomic mass is 9.99. The number of nitrogens with two attached hydrogens (primary N) is 1. The van der Waals surface area contributed by atoms with Crippen LogP contribution in [0, 0.1) is 11.8 Å².